The predicted molar refractivity (Wildman–Crippen MR) is 50.4 cm³/mol. The number of aromatic nitrogens is 1. The van der Waals surface area contributed by atoms with Gasteiger partial charge in [0.1, 0.15) is 0 Å². The van der Waals surface area contributed by atoms with Crippen LogP contribution in [0.15, 0.2) is 34.7 Å². The molecule has 0 saturated carbocycles. The van der Waals surface area contributed by atoms with E-state index in [2.05, 4.69) is 0 Å². The molecule has 3 heteroatoms. The number of hydrogen-bond acceptors (Lipinski definition) is 1. The Labute approximate surface area is 76.1 Å². The Balaban J connectivity index is 3.00. The number of allylic oxidation sites excluding steroid dienone is 1. The van der Waals surface area contributed by atoms with Gasteiger partial charge in [-0.2, -0.15) is 0 Å². The van der Waals surface area contributed by atoms with Crippen LogP contribution < -0.4 is 5.56 Å². The van der Waals surface area contributed by atoms with E-state index in [1.54, 1.807) is 29.8 Å². The van der Waals surface area contributed by atoms with Crippen LogP contribution in [-0.2, 0) is 6.54 Å². The maximum Gasteiger partial charge on any atom is 0.253 e. The van der Waals surface area contributed by atoms with Gasteiger partial charge in [0, 0.05) is 23.8 Å². The lowest BCUT2D eigenvalue weighted by Gasteiger charge is -2.01. The van der Waals surface area contributed by atoms with E-state index in [-0.39, 0.29) is 5.56 Å². The van der Waals surface area contributed by atoms with Gasteiger partial charge in [0.05, 0.1) is 0 Å². The molecule has 0 N–H and O–H groups in total. The van der Waals surface area contributed by atoms with Gasteiger partial charge in [-0.3, -0.25) is 4.79 Å². The van der Waals surface area contributed by atoms with E-state index in [0.29, 0.717) is 6.54 Å². The Bertz CT molecular complexity index is 341. The minimum atomic E-state index is 0.0345. The Morgan fingerprint density at radius 2 is 2.42 bits per heavy atom. The molecule has 0 spiro atoms. The fourth-order valence-electron chi connectivity index (χ4n) is 0.954. The van der Waals surface area contributed by atoms with E-state index >= 15 is 0 Å². The second-order valence-corrected chi connectivity index (χ2v) is 2.76. The molecular weight excluding hydrogens is 174 g/mol. The third kappa shape index (κ3) is 1.98. The molecule has 0 aromatic carbocycles. The molecule has 1 rings (SSSR count). The van der Waals surface area contributed by atoms with Gasteiger partial charge in [-0.25, -0.2) is 0 Å². The molecule has 0 unspecified atom stereocenters. The minimum absolute atomic E-state index is 0.0345. The molecule has 12 heavy (non-hydrogen) atoms. The molecule has 1 heterocycles. The Morgan fingerprint density at radius 1 is 1.67 bits per heavy atom. The van der Waals surface area contributed by atoms with Crippen LogP contribution in [0.5, 0.6) is 0 Å². The highest BCUT2D eigenvalue weighted by Gasteiger charge is 1.94. The van der Waals surface area contributed by atoms with Gasteiger partial charge in [0.2, 0.25) is 0 Å². The molecule has 0 aliphatic rings. The molecule has 1 aromatic rings. The highest BCUT2D eigenvalue weighted by molar-refractivity contribution is 6.25. The second-order valence-electron chi connectivity index (χ2n) is 2.51. The third-order valence-electron chi connectivity index (χ3n) is 1.60. The van der Waals surface area contributed by atoms with Crippen LogP contribution in [0.2, 0.25) is 0 Å². The van der Waals surface area contributed by atoms with Crippen molar-refractivity contribution in [2.24, 2.45) is 0 Å². The molecular formula is C9H10ClNO. The monoisotopic (exact) mass is 183 g/mol. The summed E-state index contributed by atoms with van der Waals surface area (Å²) in [5, 5.41) is 0. The van der Waals surface area contributed by atoms with Gasteiger partial charge in [-0.05, 0) is 13.0 Å². The van der Waals surface area contributed by atoms with E-state index in [1.165, 1.54) is 5.54 Å². The second kappa shape index (κ2) is 4.12. The number of halogens is 1. The number of aryl methyl sites for hydroxylation is 1. The normalized spacial score (nSPS) is 10.8. The first kappa shape index (κ1) is 9.07. The minimum Gasteiger partial charge on any atom is -0.311 e. The summed E-state index contributed by atoms with van der Waals surface area (Å²) in [6.07, 6.45) is 3.47. The Kier molecular flexibility index (Phi) is 3.11. The highest BCUT2D eigenvalue weighted by atomic mass is 35.5. The summed E-state index contributed by atoms with van der Waals surface area (Å²) in [4.78, 5) is 11.4. The SMILES string of the molecule is Cc1cccn(C/C=C/Cl)c1=O. The van der Waals surface area contributed by atoms with Gasteiger partial charge in [0.25, 0.3) is 5.56 Å². The molecule has 0 amide bonds. The van der Waals surface area contributed by atoms with Crippen molar-refractivity contribution >= 4 is 11.6 Å². The van der Waals surface area contributed by atoms with E-state index < -0.39 is 0 Å². The first-order valence-corrected chi connectivity index (χ1v) is 4.10. The standard InChI is InChI=1S/C9H10ClNO/c1-8-4-2-6-11(9(8)12)7-3-5-10/h2-6H,7H2,1H3/b5-3+. The molecule has 2 nitrogen and oxygen atoms in total. The summed E-state index contributed by atoms with van der Waals surface area (Å²) in [5.74, 6) is 0. The van der Waals surface area contributed by atoms with Gasteiger partial charge in [-0.15, -0.1) is 0 Å². The van der Waals surface area contributed by atoms with Crippen LogP contribution in [0, 0.1) is 6.92 Å². The summed E-state index contributed by atoms with van der Waals surface area (Å²) in [7, 11) is 0. The summed E-state index contributed by atoms with van der Waals surface area (Å²) in [5.41, 5.74) is 2.20. The van der Waals surface area contributed by atoms with Crippen molar-refractivity contribution in [3.05, 3.63) is 45.9 Å². The molecule has 0 atom stereocenters. The largest absolute Gasteiger partial charge is 0.311 e. The number of pyridine rings is 1. The lowest BCUT2D eigenvalue weighted by molar-refractivity contribution is 0.772. The predicted octanol–water partition coefficient (Wildman–Crippen LogP) is 1.91. The fourth-order valence-corrected chi connectivity index (χ4v) is 1.03. The van der Waals surface area contributed by atoms with Gasteiger partial charge in [-0.1, -0.05) is 23.7 Å². The van der Waals surface area contributed by atoms with E-state index in [4.69, 9.17) is 11.6 Å². The Hall–Kier alpha value is -1.02. The van der Waals surface area contributed by atoms with Crippen LogP contribution in [0.3, 0.4) is 0 Å². The van der Waals surface area contributed by atoms with E-state index in [0.717, 1.165) is 5.56 Å². The molecule has 0 bridgehead atoms. The van der Waals surface area contributed by atoms with Gasteiger partial charge in [0.15, 0.2) is 0 Å². The summed E-state index contributed by atoms with van der Waals surface area (Å²) >= 11 is 5.35. The molecule has 0 aliphatic heterocycles. The lowest BCUT2D eigenvalue weighted by Crippen LogP contribution is -2.20. The van der Waals surface area contributed by atoms with E-state index in [1.807, 2.05) is 6.07 Å². The third-order valence-corrected chi connectivity index (χ3v) is 1.78. The van der Waals surface area contributed by atoms with Crippen molar-refractivity contribution < 1.29 is 0 Å². The van der Waals surface area contributed by atoms with Crippen LogP contribution in [0.1, 0.15) is 5.56 Å². The van der Waals surface area contributed by atoms with Crippen molar-refractivity contribution in [3.8, 4) is 0 Å². The van der Waals surface area contributed by atoms with Gasteiger partial charge >= 0.3 is 0 Å². The average molecular weight is 184 g/mol. The first-order valence-electron chi connectivity index (χ1n) is 3.67. The number of rotatable bonds is 2. The zero-order valence-electron chi connectivity index (χ0n) is 6.83. The van der Waals surface area contributed by atoms with E-state index in [9.17, 15) is 4.79 Å². The average Bonchev–Trinajstić information content (AvgIpc) is 2.08. The first-order chi connectivity index (χ1) is 5.75. The number of nitrogens with zero attached hydrogens (tertiary/aromatic N) is 1. The van der Waals surface area contributed by atoms with Crippen LogP contribution in [0.25, 0.3) is 0 Å². The van der Waals surface area contributed by atoms with Crippen molar-refractivity contribution in [2.45, 2.75) is 13.5 Å². The molecule has 0 saturated heterocycles. The molecule has 0 radical (unpaired) electrons. The van der Waals surface area contributed by atoms with Gasteiger partial charge < -0.3 is 4.57 Å². The summed E-state index contributed by atoms with van der Waals surface area (Å²) in [6.45, 7) is 2.33. The number of hydrogen-bond donors (Lipinski definition) is 0. The quantitative estimate of drug-likeness (QED) is 0.687. The van der Waals surface area contributed by atoms with Crippen molar-refractivity contribution in [1.29, 1.82) is 0 Å². The Morgan fingerprint density at radius 3 is 3.08 bits per heavy atom. The maximum absolute atomic E-state index is 11.4. The topological polar surface area (TPSA) is 22.0 Å². The lowest BCUT2D eigenvalue weighted by atomic mass is 10.3. The van der Waals surface area contributed by atoms with Crippen molar-refractivity contribution in [1.82, 2.24) is 4.57 Å². The smallest absolute Gasteiger partial charge is 0.253 e. The fraction of sp³-hybridized carbons (Fsp3) is 0.222. The molecule has 1 aromatic heterocycles. The van der Waals surface area contributed by atoms with Crippen LogP contribution in [0.4, 0.5) is 0 Å². The molecule has 0 aliphatic carbocycles. The van der Waals surface area contributed by atoms with Crippen LogP contribution in [-0.4, -0.2) is 4.57 Å². The zero-order valence-corrected chi connectivity index (χ0v) is 7.58. The van der Waals surface area contributed by atoms with Crippen LogP contribution >= 0.6 is 11.6 Å². The zero-order chi connectivity index (χ0) is 8.97. The molecule has 0 fully saturated rings. The summed E-state index contributed by atoms with van der Waals surface area (Å²) in [6, 6.07) is 3.64. The molecule has 64 valence electrons. The summed E-state index contributed by atoms with van der Waals surface area (Å²) < 4.78 is 1.61. The maximum atomic E-state index is 11.4. The van der Waals surface area contributed by atoms with Crippen molar-refractivity contribution in [2.75, 3.05) is 0 Å². The van der Waals surface area contributed by atoms with Crippen molar-refractivity contribution in [3.63, 3.8) is 0 Å². The highest BCUT2D eigenvalue weighted by Crippen LogP contribution is 1.90.